The monoisotopic (exact) mass is 580 g/mol. The van der Waals surface area contributed by atoms with Gasteiger partial charge in [0.15, 0.2) is 0 Å². The quantitative estimate of drug-likeness (QED) is 0.304. The summed E-state index contributed by atoms with van der Waals surface area (Å²) in [6.07, 6.45) is 2.40. The van der Waals surface area contributed by atoms with Gasteiger partial charge in [-0.1, -0.05) is 12.1 Å². The van der Waals surface area contributed by atoms with Crippen LogP contribution in [-0.2, 0) is 27.7 Å². The Morgan fingerprint density at radius 1 is 1.05 bits per heavy atom. The minimum Gasteiger partial charge on any atom is -0.494 e. The van der Waals surface area contributed by atoms with Crippen LogP contribution in [0.1, 0.15) is 54.9 Å². The van der Waals surface area contributed by atoms with Crippen molar-refractivity contribution in [2.45, 2.75) is 58.2 Å². The Hall–Kier alpha value is -3.72. The van der Waals surface area contributed by atoms with Crippen molar-refractivity contribution in [3.05, 3.63) is 70.8 Å². The van der Waals surface area contributed by atoms with Crippen molar-refractivity contribution in [1.29, 1.82) is 0 Å². The first-order valence-electron chi connectivity index (χ1n) is 13.7. The van der Waals surface area contributed by atoms with Crippen LogP contribution in [0.4, 0.5) is 0 Å². The van der Waals surface area contributed by atoms with Crippen LogP contribution in [0.25, 0.3) is 11.1 Å². The van der Waals surface area contributed by atoms with Gasteiger partial charge in [0.2, 0.25) is 0 Å². The lowest BCUT2D eigenvalue weighted by Gasteiger charge is -2.25. The Morgan fingerprint density at radius 2 is 1.85 bits per heavy atom. The molecule has 0 spiro atoms. The lowest BCUT2D eigenvalue weighted by molar-refractivity contribution is -0.137. The summed E-state index contributed by atoms with van der Waals surface area (Å²) < 4.78 is 47.2. The third kappa shape index (κ3) is 6.96. The van der Waals surface area contributed by atoms with Gasteiger partial charge >= 0.3 is 5.97 Å². The second kappa shape index (κ2) is 11.3. The van der Waals surface area contributed by atoms with Gasteiger partial charge < -0.3 is 24.1 Å². The van der Waals surface area contributed by atoms with E-state index >= 15 is 0 Å². The number of carbonyl (C=O) groups is 1. The molecule has 0 saturated carbocycles. The first kappa shape index (κ1) is 28.8. The van der Waals surface area contributed by atoms with Crippen molar-refractivity contribution in [2.24, 2.45) is 0 Å². The molecule has 0 saturated heterocycles. The molecule has 41 heavy (non-hydrogen) atoms. The molecule has 9 heteroatoms. The molecule has 0 aliphatic carbocycles. The molecule has 2 aliphatic heterocycles. The molecule has 218 valence electrons. The van der Waals surface area contributed by atoms with Gasteiger partial charge in [0, 0.05) is 35.8 Å². The predicted molar refractivity (Wildman–Crippen MR) is 156 cm³/mol. The smallest absolute Gasteiger partial charge is 0.304 e. The molecule has 1 N–H and O–H groups in total. The highest BCUT2D eigenvalue weighted by molar-refractivity contribution is 7.90. The Balaban J connectivity index is 1.36. The van der Waals surface area contributed by atoms with Crippen molar-refractivity contribution in [1.82, 2.24) is 0 Å². The number of rotatable bonds is 10. The van der Waals surface area contributed by atoms with E-state index in [4.69, 9.17) is 24.1 Å². The predicted octanol–water partition coefficient (Wildman–Crippen LogP) is 5.72. The van der Waals surface area contributed by atoms with Gasteiger partial charge in [-0.05, 0) is 79.8 Å². The van der Waals surface area contributed by atoms with E-state index < -0.39 is 21.4 Å². The van der Waals surface area contributed by atoms with Crippen LogP contribution in [0, 0.1) is 6.92 Å². The highest BCUT2D eigenvalue weighted by atomic mass is 32.2. The number of carboxylic acid groups (broad SMARTS) is 1. The summed E-state index contributed by atoms with van der Waals surface area (Å²) in [4.78, 5) is 11.1. The number of fused-ring (bicyclic) bond motifs is 4. The summed E-state index contributed by atoms with van der Waals surface area (Å²) in [6, 6.07) is 15.7. The molecule has 0 unspecified atom stereocenters. The Kier molecular flexibility index (Phi) is 7.92. The van der Waals surface area contributed by atoms with Gasteiger partial charge in [0.1, 0.15) is 45.0 Å². The lowest BCUT2D eigenvalue weighted by atomic mass is 9.89. The second-order valence-corrected chi connectivity index (χ2v) is 13.8. The van der Waals surface area contributed by atoms with Crippen molar-refractivity contribution >= 4 is 15.8 Å². The molecule has 5 rings (SSSR count). The van der Waals surface area contributed by atoms with Gasteiger partial charge in [-0.25, -0.2) is 8.42 Å². The molecule has 0 radical (unpaired) electrons. The number of sulfone groups is 1. The van der Waals surface area contributed by atoms with Crippen LogP contribution in [0.3, 0.4) is 0 Å². The Labute approximate surface area is 241 Å². The number of hydrogen-bond acceptors (Lipinski definition) is 7. The van der Waals surface area contributed by atoms with Crippen LogP contribution >= 0.6 is 0 Å². The standard InChI is InChI=1S/C32H36O8S/c1-20-12-25(37-10-5-11-41(4,35)36)14-22-17-32(2,3)40-28-9-6-21(13-27(28)31(20)22)18-38-24-7-8-26-23(15-30(33)34)19-39-29(26)16-24/h6-9,12-14,16,23H,5,10-11,15,17-19H2,1-4H3,(H,33,34)/t23-/m1/s1. The molecule has 0 fully saturated rings. The van der Waals surface area contributed by atoms with E-state index in [1.54, 1.807) is 0 Å². The summed E-state index contributed by atoms with van der Waals surface area (Å²) in [5, 5.41) is 9.14. The van der Waals surface area contributed by atoms with E-state index in [1.165, 1.54) is 6.26 Å². The van der Waals surface area contributed by atoms with E-state index in [2.05, 4.69) is 26.8 Å². The minimum absolute atomic E-state index is 0.0406. The van der Waals surface area contributed by atoms with Gasteiger partial charge in [0.05, 0.1) is 25.4 Å². The van der Waals surface area contributed by atoms with Crippen molar-refractivity contribution in [3.8, 4) is 34.1 Å². The third-order valence-electron chi connectivity index (χ3n) is 7.33. The Morgan fingerprint density at radius 3 is 2.61 bits per heavy atom. The number of aryl methyl sites for hydroxylation is 1. The largest absolute Gasteiger partial charge is 0.494 e. The SMILES string of the molecule is Cc1cc(OCCCS(C)(=O)=O)cc2c1-c1cc(COc3ccc4c(c3)OC[C@H]4CC(=O)O)ccc1OC(C)(C)C2. The van der Waals surface area contributed by atoms with E-state index in [0.717, 1.165) is 44.9 Å². The topological polar surface area (TPSA) is 108 Å². The van der Waals surface area contributed by atoms with Crippen LogP contribution in [0.2, 0.25) is 0 Å². The number of ether oxygens (including phenoxy) is 4. The van der Waals surface area contributed by atoms with E-state index in [1.807, 2.05) is 42.5 Å². The first-order chi connectivity index (χ1) is 19.4. The fraction of sp³-hybridized carbons (Fsp3) is 0.406. The van der Waals surface area contributed by atoms with Gasteiger partial charge in [0.25, 0.3) is 0 Å². The zero-order chi connectivity index (χ0) is 29.4. The fourth-order valence-corrected chi connectivity index (χ4v) is 6.22. The molecular weight excluding hydrogens is 544 g/mol. The highest BCUT2D eigenvalue weighted by Gasteiger charge is 2.30. The molecule has 0 amide bonds. The Bertz CT molecular complexity index is 1570. The minimum atomic E-state index is -3.02. The molecule has 2 aliphatic rings. The van der Waals surface area contributed by atoms with Crippen LogP contribution in [-0.4, -0.2) is 50.3 Å². The number of hydrogen-bond donors (Lipinski definition) is 1. The van der Waals surface area contributed by atoms with Crippen molar-refractivity contribution in [2.75, 3.05) is 25.2 Å². The van der Waals surface area contributed by atoms with Gasteiger partial charge in [-0.2, -0.15) is 0 Å². The molecular formula is C32H36O8S. The first-order valence-corrected chi connectivity index (χ1v) is 15.8. The maximum atomic E-state index is 11.5. The van der Waals surface area contributed by atoms with Crippen LogP contribution in [0.5, 0.6) is 23.0 Å². The molecule has 3 aromatic carbocycles. The van der Waals surface area contributed by atoms with E-state index in [-0.39, 0.29) is 18.1 Å². The zero-order valence-electron chi connectivity index (χ0n) is 23.9. The van der Waals surface area contributed by atoms with Crippen molar-refractivity contribution in [3.63, 3.8) is 0 Å². The highest BCUT2D eigenvalue weighted by Crippen LogP contribution is 2.44. The second-order valence-electron chi connectivity index (χ2n) is 11.6. The summed E-state index contributed by atoms with van der Waals surface area (Å²) in [7, 11) is -3.02. The van der Waals surface area contributed by atoms with Crippen molar-refractivity contribution < 1.29 is 37.3 Å². The summed E-state index contributed by atoms with van der Waals surface area (Å²) >= 11 is 0. The number of aliphatic carboxylic acids is 1. The van der Waals surface area contributed by atoms with E-state index in [9.17, 15) is 13.2 Å². The lowest BCUT2D eigenvalue weighted by Crippen LogP contribution is -2.30. The normalized spacial score (nSPS) is 16.8. The number of benzene rings is 3. The van der Waals surface area contributed by atoms with E-state index in [0.29, 0.717) is 44.2 Å². The molecule has 8 nitrogen and oxygen atoms in total. The average molecular weight is 581 g/mol. The van der Waals surface area contributed by atoms with Gasteiger partial charge in [-0.3, -0.25) is 4.79 Å². The van der Waals surface area contributed by atoms with Crippen LogP contribution < -0.4 is 18.9 Å². The van der Waals surface area contributed by atoms with Crippen LogP contribution in [0.15, 0.2) is 48.5 Å². The third-order valence-corrected chi connectivity index (χ3v) is 8.36. The molecule has 2 heterocycles. The summed E-state index contributed by atoms with van der Waals surface area (Å²) in [6.45, 7) is 7.21. The summed E-state index contributed by atoms with van der Waals surface area (Å²) in [5.74, 6) is 1.96. The van der Waals surface area contributed by atoms with Gasteiger partial charge in [-0.15, -0.1) is 0 Å². The molecule has 3 aromatic rings. The summed E-state index contributed by atoms with van der Waals surface area (Å²) in [5.41, 5.74) is 5.68. The molecule has 0 bridgehead atoms. The average Bonchev–Trinajstić information content (AvgIpc) is 3.21. The molecule has 0 aromatic heterocycles. The zero-order valence-corrected chi connectivity index (χ0v) is 24.7. The maximum Gasteiger partial charge on any atom is 0.304 e. The number of carboxylic acids is 1. The maximum absolute atomic E-state index is 11.5. The fourth-order valence-electron chi connectivity index (χ4n) is 5.58. The molecule has 1 atom stereocenters.